The molecule has 0 saturated heterocycles. The van der Waals surface area contributed by atoms with Crippen LogP contribution in [0, 0.1) is 0 Å². The number of thioether (sulfide) groups is 1. The number of H-pyrrole nitrogens is 1. The van der Waals surface area contributed by atoms with Crippen molar-refractivity contribution in [2.24, 2.45) is 0 Å². The Morgan fingerprint density at radius 3 is 2.74 bits per heavy atom. The van der Waals surface area contributed by atoms with Crippen molar-refractivity contribution in [2.45, 2.75) is 10.8 Å². The minimum absolute atomic E-state index is 0.0265. The number of aromatic amines is 1. The molecule has 3 nitrogen and oxygen atoms in total. The summed E-state index contributed by atoms with van der Waals surface area (Å²) >= 11 is 3.32. The maximum Gasteiger partial charge on any atom is 0.252 e. The first-order valence-corrected chi connectivity index (χ1v) is 10.9. The maximum absolute atomic E-state index is 12.8. The SMILES string of the molecule is CSc1ccccc1C(=O)NC[C@@H](c1cccs1)c1c[nH]c2ccccc12. The van der Waals surface area contributed by atoms with Crippen LogP contribution in [0.25, 0.3) is 10.9 Å². The Morgan fingerprint density at radius 1 is 1.11 bits per heavy atom. The number of carbonyl (C=O) groups excluding carboxylic acids is 1. The van der Waals surface area contributed by atoms with Crippen molar-refractivity contribution in [2.75, 3.05) is 12.8 Å². The average molecular weight is 393 g/mol. The zero-order valence-electron chi connectivity index (χ0n) is 14.9. The molecule has 0 radical (unpaired) electrons. The van der Waals surface area contributed by atoms with Gasteiger partial charge in [0, 0.05) is 39.3 Å². The van der Waals surface area contributed by atoms with Gasteiger partial charge in [-0.15, -0.1) is 23.1 Å². The Kier molecular flexibility index (Phi) is 5.32. The highest BCUT2D eigenvalue weighted by Crippen LogP contribution is 2.33. The normalized spacial score (nSPS) is 12.2. The molecule has 0 aliphatic rings. The van der Waals surface area contributed by atoms with Crippen LogP contribution in [0.5, 0.6) is 0 Å². The molecule has 4 aromatic rings. The number of hydrogen-bond acceptors (Lipinski definition) is 3. The van der Waals surface area contributed by atoms with Gasteiger partial charge in [-0.05, 0) is 41.5 Å². The van der Waals surface area contributed by atoms with Crippen molar-refractivity contribution in [1.29, 1.82) is 0 Å². The van der Waals surface area contributed by atoms with Gasteiger partial charge in [0.2, 0.25) is 0 Å². The van der Waals surface area contributed by atoms with Crippen molar-refractivity contribution >= 4 is 39.9 Å². The minimum Gasteiger partial charge on any atom is -0.361 e. The number of rotatable bonds is 6. The standard InChI is InChI=1S/C22H20N2OS2/c1-26-20-10-5-3-8-16(20)22(25)24-14-18(21-11-6-12-27-21)17-13-23-19-9-4-2-7-15(17)19/h2-13,18,23H,14H2,1H3,(H,24,25)/t18-/m1/s1. The van der Waals surface area contributed by atoms with Crippen LogP contribution in [-0.2, 0) is 0 Å². The molecule has 0 aliphatic heterocycles. The van der Waals surface area contributed by atoms with Crippen LogP contribution in [-0.4, -0.2) is 23.7 Å². The van der Waals surface area contributed by atoms with Crippen molar-refractivity contribution < 1.29 is 4.79 Å². The molecule has 0 unspecified atom stereocenters. The Morgan fingerprint density at radius 2 is 1.93 bits per heavy atom. The lowest BCUT2D eigenvalue weighted by molar-refractivity contribution is 0.0949. The number of amides is 1. The smallest absolute Gasteiger partial charge is 0.252 e. The third-order valence-corrected chi connectivity index (χ3v) is 6.48. The first-order valence-electron chi connectivity index (χ1n) is 8.78. The first kappa shape index (κ1) is 17.9. The van der Waals surface area contributed by atoms with Gasteiger partial charge < -0.3 is 10.3 Å². The average Bonchev–Trinajstić information content (AvgIpc) is 3.39. The van der Waals surface area contributed by atoms with Crippen LogP contribution in [0.15, 0.2) is 77.1 Å². The summed E-state index contributed by atoms with van der Waals surface area (Å²) in [7, 11) is 0. The van der Waals surface area contributed by atoms with Gasteiger partial charge in [0.05, 0.1) is 5.56 Å². The van der Waals surface area contributed by atoms with E-state index in [1.54, 1.807) is 23.1 Å². The van der Waals surface area contributed by atoms with Crippen LogP contribution in [0.2, 0.25) is 0 Å². The summed E-state index contributed by atoms with van der Waals surface area (Å²) in [6.07, 6.45) is 4.06. The molecule has 0 spiro atoms. The molecular weight excluding hydrogens is 372 g/mol. The Bertz CT molecular complexity index is 1050. The van der Waals surface area contributed by atoms with Gasteiger partial charge in [-0.1, -0.05) is 36.4 Å². The van der Waals surface area contributed by atoms with Crippen LogP contribution in [0.3, 0.4) is 0 Å². The van der Waals surface area contributed by atoms with E-state index in [1.807, 2.05) is 36.6 Å². The topological polar surface area (TPSA) is 44.9 Å². The lowest BCUT2D eigenvalue weighted by atomic mass is 9.96. The largest absolute Gasteiger partial charge is 0.361 e. The number of fused-ring (bicyclic) bond motifs is 1. The van der Waals surface area contributed by atoms with Crippen LogP contribution >= 0.6 is 23.1 Å². The van der Waals surface area contributed by atoms with Crippen LogP contribution in [0.1, 0.15) is 26.7 Å². The molecule has 2 heterocycles. The molecule has 5 heteroatoms. The Labute approximate surface area is 166 Å². The predicted molar refractivity (Wildman–Crippen MR) is 115 cm³/mol. The fraction of sp³-hybridized carbons (Fsp3) is 0.136. The molecule has 2 aromatic carbocycles. The van der Waals surface area contributed by atoms with Crippen molar-refractivity contribution in [3.05, 3.63) is 88.2 Å². The number of para-hydroxylation sites is 1. The number of aromatic nitrogens is 1. The monoisotopic (exact) mass is 392 g/mol. The third kappa shape index (κ3) is 3.66. The van der Waals surface area contributed by atoms with Gasteiger partial charge in [-0.2, -0.15) is 0 Å². The molecular formula is C22H20N2OS2. The van der Waals surface area contributed by atoms with E-state index in [1.165, 1.54) is 15.8 Å². The minimum atomic E-state index is -0.0265. The highest BCUT2D eigenvalue weighted by atomic mass is 32.2. The van der Waals surface area contributed by atoms with Gasteiger partial charge >= 0.3 is 0 Å². The highest BCUT2D eigenvalue weighted by Gasteiger charge is 2.20. The molecule has 2 N–H and O–H groups in total. The van der Waals surface area contributed by atoms with Gasteiger partial charge in [0.15, 0.2) is 0 Å². The second kappa shape index (κ2) is 8.03. The fourth-order valence-corrected chi connectivity index (χ4v) is 4.80. The van der Waals surface area contributed by atoms with Crippen molar-refractivity contribution in [3.63, 3.8) is 0 Å². The number of benzene rings is 2. The number of thiophene rings is 1. The zero-order chi connectivity index (χ0) is 18.6. The molecule has 2 aromatic heterocycles. The predicted octanol–water partition coefficient (Wildman–Crippen LogP) is 5.51. The van der Waals surface area contributed by atoms with E-state index in [0.717, 1.165) is 16.0 Å². The van der Waals surface area contributed by atoms with E-state index in [2.05, 4.69) is 52.2 Å². The molecule has 0 fully saturated rings. The van der Waals surface area contributed by atoms with Gasteiger partial charge in [-0.3, -0.25) is 4.79 Å². The summed E-state index contributed by atoms with van der Waals surface area (Å²) in [6, 6.07) is 20.2. The number of carbonyl (C=O) groups is 1. The summed E-state index contributed by atoms with van der Waals surface area (Å²) in [6.45, 7) is 0.559. The van der Waals surface area contributed by atoms with Crippen molar-refractivity contribution in [1.82, 2.24) is 10.3 Å². The third-order valence-electron chi connectivity index (χ3n) is 4.70. The number of hydrogen-bond donors (Lipinski definition) is 2. The second-order valence-electron chi connectivity index (χ2n) is 6.27. The van der Waals surface area contributed by atoms with Gasteiger partial charge in [0.25, 0.3) is 5.91 Å². The first-order chi connectivity index (χ1) is 13.3. The molecule has 4 rings (SSSR count). The van der Waals surface area contributed by atoms with E-state index < -0.39 is 0 Å². The molecule has 0 bridgehead atoms. The highest BCUT2D eigenvalue weighted by molar-refractivity contribution is 7.98. The summed E-state index contributed by atoms with van der Waals surface area (Å²) in [5.74, 6) is 0.0906. The summed E-state index contributed by atoms with van der Waals surface area (Å²) in [5.41, 5.74) is 3.06. The zero-order valence-corrected chi connectivity index (χ0v) is 16.6. The second-order valence-corrected chi connectivity index (χ2v) is 8.10. The van der Waals surface area contributed by atoms with E-state index >= 15 is 0 Å². The molecule has 0 saturated carbocycles. The van der Waals surface area contributed by atoms with Crippen LogP contribution in [0.4, 0.5) is 0 Å². The summed E-state index contributed by atoms with van der Waals surface area (Å²) in [4.78, 5) is 18.4. The van der Waals surface area contributed by atoms with E-state index in [0.29, 0.717) is 6.54 Å². The molecule has 1 amide bonds. The lowest BCUT2D eigenvalue weighted by Crippen LogP contribution is -2.29. The van der Waals surface area contributed by atoms with Gasteiger partial charge in [0.1, 0.15) is 0 Å². The molecule has 136 valence electrons. The lowest BCUT2D eigenvalue weighted by Gasteiger charge is -2.17. The summed E-state index contributed by atoms with van der Waals surface area (Å²) in [5, 5.41) is 6.44. The maximum atomic E-state index is 12.8. The van der Waals surface area contributed by atoms with E-state index in [4.69, 9.17) is 0 Å². The van der Waals surface area contributed by atoms with Gasteiger partial charge in [-0.25, -0.2) is 0 Å². The molecule has 0 aliphatic carbocycles. The summed E-state index contributed by atoms with van der Waals surface area (Å²) < 4.78 is 0. The van der Waals surface area contributed by atoms with Crippen molar-refractivity contribution in [3.8, 4) is 0 Å². The van der Waals surface area contributed by atoms with E-state index in [9.17, 15) is 4.79 Å². The fourth-order valence-electron chi connectivity index (χ4n) is 3.36. The quantitative estimate of drug-likeness (QED) is 0.425. The molecule has 27 heavy (non-hydrogen) atoms. The molecule has 1 atom stereocenters. The Hall–Kier alpha value is -2.50. The Balaban J connectivity index is 1.62. The number of nitrogens with one attached hydrogen (secondary N) is 2. The van der Waals surface area contributed by atoms with Crippen LogP contribution < -0.4 is 5.32 Å². The van der Waals surface area contributed by atoms with E-state index in [-0.39, 0.29) is 11.8 Å².